The highest BCUT2D eigenvalue weighted by atomic mass is 16.5. The number of likely N-dealkylation sites (tertiary alicyclic amines) is 1. The smallest absolute Gasteiger partial charge is 0.329 e. The van der Waals surface area contributed by atoms with Crippen LogP contribution in [0.5, 0.6) is 5.75 Å². The Balaban J connectivity index is 1.28. The summed E-state index contributed by atoms with van der Waals surface area (Å²) in [5, 5.41) is 2.64. The summed E-state index contributed by atoms with van der Waals surface area (Å²) in [5.74, 6) is 0.316. The zero-order valence-corrected chi connectivity index (χ0v) is 17.7. The van der Waals surface area contributed by atoms with E-state index >= 15 is 0 Å². The lowest BCUT2D eigenvalue weighted by Gasteiger charge is -2.43. The van der Waals surface area contributed by atoms with Crippen LogP contribution in [0.15, 0.2) is 47.3 Å². The average Bonchev–Trinajstić information content (AvgIpc) is 3.07. The Morgan fingerprint density at radius 2 is 1.84 bits per heavy atom. The summed E-state index contributed by atoms with van der Waals surface area (Å²) in [6, 6.07) is 10.4. The number of ether oxygens (including phenoxy) is 1. The van der Waals surface area contributed by atoms with Gasteiger partial charge in [-0.05, 0) is 42.7 Å². The van der Waals surface area contributed by atoms with E-state index in [-0.39, 0.29) is 29.7 Å². The van der Waals surface area contributed by atoms with Crippen LogP contribution in [0.1, 0.15) is 24.5 Å². The number of carbonyl (C=O) groups is 3. The molecule has 3 aliphatic rings. The van der Waals surface area contributed by atoms with Gasteiger partial charge in [0.05, 0.1) is 19.2 Å². The number of anilines is 1. The maximum Gasteiger partial charge on any atom is 0.329 e. The number of carbonyl (C=O) groups excluding carboxylic acids is 3. The number of hydrogen-bond donors (Lipinski definition) is 1. The summed E-state index contributed by atoms with van der Waals surface area (Å²) in [6.45, 7) is 1.66. The van der Waals surface area contributed by atoms with Crippen molar-refractivity contribution in [3.05, 3.63) is 58.5 Å². The number of urea groups is 1. The average molecular weight is 436 g/mol. The van der Waals surface area contributed by atoms with Crippen molar-refractivity contribution < 1.29 is 19.1 Å². The molecule has 2 fully saturated rings. The van der Waals surface area contributed by atoms with Crippen molar-refractivity contribution in [3.8, 4) is 5.75 Å². The van der Waals surface area contributed by atoms with Gasteiger partial charge >= 0.3 is 6.03 Å². The van der Waals surface area contributed by atoms with Crippen LogP contribution in [0.4, 0.5) is 10.5 Å². The van der Waals surface area contributed by atoms with E-state index in [1.54, 1.807) is 41.3 Å². The molecule has 2 saturated heterocycles. The second kappa shape index (κ2) is 7.81. The largest absolute Gasteiger partial charge is 0.497 e. The number of amides is 4. The normalized spacial score (nSPS) is 24.2. The van der Waals surface area contributed by atoms with Crippen LogP contribution < -0.4 is 20.5 Å². The summed E-state index contributed by atoms with van der Waals surface area (Å²) in [7, 11) is 1.54. The number of aromatic nitrogens is 1. The first-order chi connectivity index (χ1) is 15.4. The first kappa shape index (κ1) is 20.3. The zero-order chi connectivity index (χ0) is 22.4. The third-order valence-corrected chi connectivity index (χ3v) is 6.56. The molecular weight excluding hydrogens is 412 g/mol. The topological polar surface area (TPSA) is 101 Å². The molecule has 2 aromatic rings. The number of rotatable bonds is 4. The van der Waals surface area contributed by atoms with Crippen molar-refractivity contribution in [2.45, 2.75) is 31.3 Å². The Kier molecular flexibility index (Phi) is 4.96. The van der Waals surface area contributed by atoms with Gasteiger partial charge in [0.25, 0.3) is 11.5 Å². The molecule has 5 rings (SSSR count). The fourth-order valence-electron chi connectivity index (χ4n) is 5.05. The number of hydrogen-bond acceptors (Lipinski definition) is 5. The predicted octanol–water partition coefficient (Wildman–Crippen LogP) is 1.32. The number of fused-ring (bicyclic) bond motifs is 4. The van der Waals surface area contributed by atoms with Gasteiger partial charge < -0.3 is 19.5 Å². The molecule has 2 bridgehead atoms. The monoisotopic (exact) mass is 436 g/mol. The molecule has 9 nitrogen and oxygen atoms in total. The van der Waals surface area contributed by atoms with Gasteiger partial charge in [0.1, 0.15) is 11.8 Å². The predicted molar refractivity (Wildman–Crippen MR) is 116 cm³/mol. The molecule has 3 atom stereocenters. The van der Waals surface area contributed by atoms with Crippen LogP contribution in [0.3, 0.4) is 0 Å². The minimum absolute atomic E-state index is 0.00476. The van der Waals surface area contributed by atoms with Gasteiger partial charge in [-0.2, -0.15) is 0 Å². The van der Waals surface area contributed by atoms with Crippen LogP contribution in [-0.4, -0.2) is 53.6 Å². The third kappa shape index (κ3) is 3.43. The molecule has 4 amide bonds. The highest BCUT2D eigenvalue weighted by Gasteiger charge is 2.42. The molecular formula is C23H24N4O5. The molecule has 0 radical (unpaired) electrons. The number of nitrogens with zero attached hydrogens (tertiary/aromatic N) is 3. The van der Waals surface area contributed by atoms with Gasteiger partial charge in [-0.25, -0.2) is 9.69 Å². The van der Waals surface area contributed by atoms with E-state index in [1.165, 1.54) is 7.11 Å². The lowest BCUT2D eigenvalue weighted by molar-refractivity contribution is -0.136. The molecule has 1 aromatic carbocycles. The number of pyridine rings is 1. The van der Waals surface area contributed by atoms with Crippen LogP contribution in [0, 0.1) is 5.92 Å². The van der Waals surface area contributed by atoms with E-state index in [0.717, 1.165) is 17.0 Å². The van der Waals surface area contributed by atoms with Crippen LogP contribution >= 0.6 is 0 Å². The molecule has 1 aromatic heterocycles. The van der Waals surface area contributed by atoms with Crippen molar-refractivity contribution in [2.75, 3.05) is 25.1 Å². The lowest BCUT2D eigenvalue weighted by Crippen LogP contribution is -2.50. The molecule has 32 heavy (non-hydrogen) atoms. The minimum Gasteiger partial charge on any atom is -0.497 e. The maximum absolute atomic E-state index is 13.1. The molecule has 9 heteroatoms. The van der Waals surface area contributed by atoms with Gasteiger partial charge in [-0.3, -0.25) is 14.4 Å². The zero-order valence-electron chi connectivity index (χ0n) is 17.7. The summed E-state index contributed by atoms with van der Waals surface area (Å²) >= 11 is 0. The molecule has 166 valence electrons. The fraction of sp³-hybridized carbons (Fsp3) is 0.391. The van der Waals surface area contributed by atoms with Gasteiger partial charge in [-0.1, -0.05) is 6.07 Å². The first-order valence-corrected chi connectivity index (χ1v) is 10.7. The standard InChI is InChI=1S/C23H24N4O5/c1-32-17-7-5-16(6-8-17)27-22(30)18(24-23(27)31)10-21(29)25-11-14-9-15(13-25)19-3-2-4-20(28)26(19)12-14/h2-8,14-15,18H,9-13H2,1H3,(H,24,31)/t14?,15?,18-/m0/s1. The highest BCUT2D eigenvalue weighted by molar-refractivity contribution is 6.22. The molecule has 0 spiro atoms. The van der Waals surface area contributed by atoms with Crippen LogP contribution in [-0.2, 0) is 16.1 Å². The molecule has 3 aliphatic heterocycles. The van der Waals surface area contributed by atoms with E-state index in [0.29, 0.717) is 31.1 Å². The maximum atomic E-state index is 13.1. The lowest BCUT2D eigenvalue weighted by atomic mass is 9.83. The van der Waals surface area contributed by atoms with Crippen molar-refractivity contribution >= 4 is 23.5 Å². The second-order valence-electron chi connectivity index (χ2n) is 8.57. The summed E-state index contributed by atoms with van der Waals surface area (Å²) in [5.41, 5.74) is 1.38. The Hall–Kier alpha value is -3.62. The van der Waals surface area contributed by atoms with E-state index in [9.17, 15) is 19.2 Å². The number of nitrogens with one attached hydrogen (secondary N) is 1. The summed E-state index contributed by atoms with van der Waals surface area (Å²) in [6.07, 6.45) is 0.857. The van der Waals surface area contributed by atoms with Crippen LogP contribution in [0.25, 0.3) is 0 Å². The van der Waals surface area contributed by atoms with Gasteiger partial charge in [0.2, 0.25) is 5.91 Å². The van der Waals surface area contributed by atoms with Gasteiger partial charge in [0, 0.05) is 37.3 Å². The highest BCUT2D eigenvalue weighted by Crippen LogP contribution is 2.35. The number of piperidine rings is 1. The Morgan fingerprint density at radius 3 is 2.59 bits per heavy atom. The quantitative estimate of drug-likeness (QED) is 0.729. The Morgan fingerprint density at radius 1 is 1.06 bits per heavy atom. The molecule has 2 unspecified atom stereocenters. The second-order valence-corrected chi connectivity index (χ2v) is 8.57. The SMILES string of the molecule is COc1ccc(N2C(=O)N[C@@H](CC(=O)N3CC4CC(C3)c3cccc(=O)n3C4)C2=O)cc1. The Bertz CT molecular complexity index is 1140. The minimum atomic E-state index is -0.895. The third-order valence-electron chi connectivity index (χ3n) is 6.56. The van der Waals surface area contributed by atoms with E-state index < -0.39 is 18.0 Å². The number of imide groups is 1. The summed E-state index contributed by atoms with van der Waals surface area (Å²) < 4.78 is 6.93. The van der Waals surface area contributed by atoms with Crippen LogP contribution in [0.2, 0.25) is 0 Å². The fourth-order valence-corrected chi connectivity index (χ4v) is 5.05. The van der Waals surface area contributed by atoms with Crippen molar-refractivity contribution in [3.63, 3.8) is 0 Å². The number of methoxy groups -OCH3 is 1. The molecule has 4 heterocycles. The first-order valence-electron chi connectivity index (χ1n) is 10.7. The molecule has 1 N–H and O–H groups in total. The van der Waals surface area contributed by atoms with Crippen molar-refractivity contribution in [2.24, 2.45) is 5.92 Å². The van der Waals surface area contributed by atoms with E-state index in [2.05, 4.69) is 5.32 Å². The van der Waals surface area contributed by atoms with E-state index in [1.807, 2.05) is 10.6 Å². The molecule has 0 aliphatic carbocycles. The van der Waals surface area contributed by atoms with Crippen molar-refractivity contribution in [1.82, 2.24) is 14.8 Å². The summed E-state index contributed by atoms with van der Waals surface area (Å²) in [4.78, 5) is 53.4. The van der Waals surface area contributed by atoms with Gasteiger partial charge in [0.15, 0.2) is 0 Å². The molecule has 0 saturated carbocycles. The number of benzene rings is 1. The van der Waals surface area contributed by atoms with Gasteiger partial charge in [-0.15, -0.1) is 0 Å². The Labute approximate surface area is 184 Å². The van der Waals surface area contributed by atoms with E-state index in [4.69, 9.17) is 4.74 Å². The van der Waals surface area contributed by atoms with Crippen molar-refractivity contribution in [1.29, 1.82) is 0 Å².